The smallest absolute Gasteiger partial charge is 0.253 e. The molecule has 1 aromatic heterocycles. The van der Waals surface area contributed by atoms with E-state index in [9.17, 15) is 9.59 Å². The molecule has 0 unspecified atom stereocenters. The molecule has 0 aliphatic heterocycles. The molecule has 1 amide bonds. The first-order chi connectivity index (χ1) is 10.5. The summed E-state index contributed by atoms with van der Waals surface area (Å²) in [6.45, 7) is 5.94. The first-order valence-electron chi connectivity index (χ1n) is 7.42. The van der Waals surface area contributed by atoms with Crippen LogP contribution in [0.5, 0.6) is 0 Å². The highest BCUT2D eigenvalue weighted by Gasteiger charge is 2.08. The molecule has 0 aliphatic carbocycles. The number of carbonyl (C=O) groups is 1. The Balaban J connectivity index is 2.07. The molecule has 5 nitrogen and oxygen atoms in total. The lowest BCUT2D eigenvalue weighted by atomic mass is 10.1. The molecule has 0 radical (unpaired) electrons. The van der Waals surface area contributed by atoms with Crippen molar-refractivity contribution in [1.29, 1.82) is 0 Å². The van der Waals surface area contributed by atoms with Crippen LogP contribution in [0.1, 0.15) is 30.2 Å². The van der Waals surface area contributed by atoms with Gasteiger partial charge in [-0.1, -0.05) is 31.0 Å². The first-order valence-corrected chi connectivity index (χ1v) is 7.42. The fourth-order valence-corrected chi connectivity index (χ4v) is 2.27. The average molecular weight is 299 g/mol. The molecule has 1 aromatic carbocycles. The molecule has 0 bridgehead atoms. The highest BCUT2D eigenvalue weighted by Crippen LogP contribution is 2.15. The molecule has 5 heteroatoms. The number of anilines is 1. The number of hydrogen-bond donors (Lipinski definition) is 1. The van der Waals surface area contributed by atoms with Crippen molar-refractivity contribution >= 4 is 11.6 Å². The summed E-state index contributed by atoms with van der Waals surface area (Å²) in [7, 11) is 0. The van der Waals surface area contributed by atoms with E-state index in [0.717, 1.165) is 35.3 Å². The zero-order valence-corrected chi connectivity index (χ0v) is 13.2. The van der Waals surface area contributed by atoms with Crippen LogP contribution in [0.15, 0.2) is 35.4 Å². The molecule has 1 heterocycles. The van der Waals surface area contributed by atoms with Crippen molar-refractivity contribution in [3.8, 4) is 0 Å². The van der Waals surface area contributed by atoms with Crippen molar-refractivity contribution in [3.63, 3.8) is 0 Å². The molecule has 22 heavy (non-hydrogen) atoms. The summed E-state index contributed by atoms with van der Waals surface area (Å²) < 4.78 is 1.32. The van der Waals surface area contributed by atoms with E-state index in [4.69, 9.17) is 0 Å². The molecule has 116 valence electrons. The van der Waals surface area contributed by atoms with Gasteiger partial charge in [0.15, 0.2) is 0 Å². The van der Waals surface area contributed by atoms with Crippen molar-refractivity contribution in [2.24, 2.45) is 0 Å². The normalized spacial score (nSPS) is 10.5. The molecule has 1 N–H and O–H groups in total. The average Bonchev–Trinajstić information content (AvgIpc) is 2.45. The van der Waals surface area contributed by atoms with Crippen molar-refractivity contribution in [3.05, 3.63) is 57.8 Å². The highest BCUT2D eigenvalue weighted by molar-refractivity contribution is 5.91. The number of carbonyl (C=O) groups excluding carboxylic acids is 1. The number of amides is 1. The molecule has 0 atom stereocenters. The molecule has 0 saturated heterocycles. The maximum atomic E-state index is 12.1. The van der Waals surface area contributed by atoms with Crippen LogP contribution in [0, 0.1) is 13.8 Å². The van der Waals surface area contributed by atoms with Gasteiger partial charge in [-0.2, -0.15) is 0 Å². The third kappa shape index (κ3) is 4.04. The van der Waals surface area contributed by atoms with Crippen LogP contribution in [-0.2, 0) is 17.8 Å². The van der Waals surface area contributed by atoms with Gasteiger partial charge in [-0.05, 0) is 31.9 Å². The monoisotopic (exact) mass is 299 g/mol. The van der Waals surface area contributed by atoms with E-state index < -0.39 is 0 Å². The van der Waals surface area contributed by atoms with E-state index in [2.05, 4.69) is 10.3 Å². The summed E-state index contributed by atoms with van der Waals surface area (Å²) in [6.07, 6.45) is 3.14. The van der Waals surface area contributed by atoms with Gasteiger partial charge in [-0.15, -0.1) is 0 Å². The summed E-state index contributed by atoms with van der Waals surface area (Å²) >= 11 is 0. The Kier molecular flexibility index (Phi) is 5.09. The van der Waals surface area contributed by atoms with E-state index in [1.807, 2.05) is 39.0 Å². The van der Waals surface area contributed by atoms with Gasteiger partial charge in [0, 0.05) is 17.4 Å². The van der Waals surface area contributed by atoms with Crippen LogP contribution in [0.3, 0.4) is 0 Å². The van der Waals surface area contributed by atoms with Gasteiger partial charge in [-0.25, -0.2) is 4.98 Å². The van der Waals surface area contributed by atoms with Gasteiger partial charge < -0.3 is 5.32 Å². The fourth-order valence-electron chi connectivity index (χ4n) is 2.27. The third-order valence-electron chi connectivity index (χ3n) is 3.41. The summed E-state index contributed by atoms with van der Waals surface area (Å²) in [5, 5.41) is 2.83. The fraction of sp³-hybridized carbons (Fsp3) is 0.353. The lowest BCUT2D eigenvalue weighted by molar-refractivity contribution is -0.116. The second-order valence-corrected chi connectivity index (χ2v) is 5.46. The number of rotatable bonds is 5. The van der Waals surface area contributed by atoms with Gasteiger partial charge in [0.1, 0.15) is 6.54 Å². The van der Waals surface area contributed by atoms with Crippen LogP contribution in [-0.4, -0.2) is 15.5 Å². The summed E-state index contributed by atoms with van der Waals surface area (Å²) in [4.78, 5) is 28.2. The summed E-state index contributed by atoms with van der Waals surface area (Å²) in [6, 6.07) is 7.31. The highest BCUT2D eigenvalue weighted by atomic mass is 16.2. The largest absolute Gasteiger partial charge is 0.324 e. The predicted octanol–water partition coefficient (Wildman–Crippen LogP) is 2.45. The van der Waals surface area contributed by atoms with E-state index in [1.165, 1.54) is 17.0 Å². The maximum Gasteiger partial charge on any atom is 0.253 e. The number of aromatic nitrogens is 2. The SMILES string of the molecule is CCCc1cc(=O)n(CC(=O)Nc2ccc(C)cc2C)cn1. The Morgan fingerprint density at radius 1 is 1.27 bits per heavy atom. The minimum Gasteiger partial charge on any atom is -0.324 e. The first kappa shape index (κ1) is 15.9. The van der Waals surface area contributed by atoms with Gasteiger partial charge in [0.05, 0.1) is 6.33 Å². The Hall–Kier alpha value is -2.43. The lowest BCUT2D eigenvalue weighted by Gasteiger charge is -2.10. The second kappa shape index (κ2) is 7.02. The number of nitrogens with one attached hydrogen (secondary N) is 1. The van der Waals surface area contributed by atoms with E-state index in [-0.39, 0.29) is 18.0 Å². The van der Waals surface area contributed by atoms with Gasteiger partial charge in [0.25, 0.3) is 5.56 Å². The van der Waals surface area contributed by atoms with Crippen LogP contribution >= 0.6 is 0 Å². The zero-order valence-electron chi connectivity index (χ0n) is 13.2. The quantitative estimate of drug-likeness (QED) is 0.922. The van der Waals surface area contributed by atoms with Crippen LogP contribution in [0.2, 0.25) is 0 Å². The van der Waals surface area contributed by atoms with Crippen LogP contribution in [0.4, 0.5) is 5.69 Å². The van der Waals surface area contributed by atoms with Crippen molar-refractivity contribution in [1.82, 2.24) is 9.55 Å². The van der Waals surface area contributed by atoms with Crippen LogP contribution < -0.4 is 10.9 Å². The third-order valence-corrected chi connectivity index (χ3v) is 3.41. The van der Waals surface area contributed by atoms with Crippen molar-refractivity contribution in [2.45, 2.75) is 40.2 Å². The van der Waals surface area contributed by atoms with Crippen LogP contribution in [0.25, 0.3) is 0 Å². The maximum absolute atomic E-state index is 12.1. The predicted molar refractivity (Wildman–Crippen MR) is 87.0 cm³/mol. The van der Waals surface area contributed by atoms with Gasteiger partial charge >= 0.3 is 0 Å². The minimum atomic E-state index is -0.237. The number of aryl methyl sites for hydroxylation is 3. The second-order valence-electron chi connectivity index (χ2n) is 5.46. The molecular weight excluding hydrogens is 278 g/mol. The Morgan fingerprint density at radius 2 is 2.05 bits per heavy atom. The lowest BCUT2D eigenvalue weighted by Crippen LogP contribution is -2.28. The molecular formula is C17H21N3O2. The molecule has 0 saturated carbocycles. The molecule has 0 aliphatic rings. The standard InChI is InChI=1S/C17H21N3O2/c1-4-5-14-9-17(22)20(11-18-14)10-16(21)19-15-7-6-12(2)8-13(15)3/h6-9,11H,4-5,10H2,1-3H3,(H,19,21). The van der Waals surface area contributed by atoms with E-state index in [0.29, 0.717) is 0 Å². The zero-order chi connectivity index (χ0) is 16.1. The number of hydrogen-bond acceptors (Lipinski definition) is 3. The Bertz CT molecular complexity index is 735. The molecule has 2 aromatic rings. The van der Waals surface area contributed by atoms with E-state index in [1.54, 1.807) is 0 Å². The molecule has 2 rings (SSSR count). The minimum absolute atomic E-state index is 0.0362. The summed E-state index contributed by atoms with van der Waals surface area (Å²) in [5.74, 6) is -0.237. The molecule has 0 fully saturated rings. The van der Waals surface area contributed by atoms with Gasteiger partial charge in [-0.3, -0.25) is 14.2 Å². The topological polar surface area (TPSA) is 64.0 Å². The number of nitrogens with zero attached hydrogens (tertiary/aromatic N) is 2. The summed E-state index contributed by atoms with van der Waals surface area (Å²) in [5.41, 5.74) is 3.46. The molecule has 0 spiro atoms. The van der Waals surface area contributed by atoms with Crippen molar-refractivity contribution < 1.29 is 4.79 Å². The number of benzene rings is 1. The van der Waals surface area contributed by atoms with Gasteiger partial charge in [0.2, 0.25) is 5.91 Å². The van der Waals surface area contributed by atoms with E-state index >= 15 is 0 Å². The Morgan fingerprint density at radius 3 is 2.68 bits per heavy atom. The van der Waals surface area contributed by atoms with Crippen molar-refractivity contribution in [2.75, 3.05) is 5.32 Å². The Labute approximate surface area is 130 Å².